The van der Waals surface area contributed by atoms with Crippen molar-refractivity contribution in [2.45, 2.75) is 67.6 Å². The van der Waals surface area contributed by atoms with Crippen LogP contribution in [0.25, 0.3) is 11.2 Å². The molecule has 1 aliphatic carbocycles. The minimum Gasteiger partial charge on any atom is -0.388 e. The topological polar surface area (TPSA) is 204 Å². The number of aliphatic hydroxyl groups excluding tert-OH is 1. The van der Waals surface area contributed by atoms with Crippen LogP contribution in [0.1, 0.15) is 12.6 Å². The standard InChI is InChI=1S/C21H26FN9O8P2S3/c1-29-5-28-19-13(20(29)33)27-6-30(19)8-2-9-14(32)15(8)38-40(34,42)35-3-10-16(39-41(43,44)37-9)11(22)21(36-10)31-7-26-12-17(23)24-4-25-18(12)31/h4-11,13-16,19,21,32H,2-3H2,1H3,(H,34,42)(H,43,44)(H2,23,24,25)/t8-,9+,10-,11-,13-,14-,15+,16-,19?,21-,40?/m1/s1. The summed E-state index contributed by atoms with van der Waals surface area (Å²) < 4.78 is 47.0. The van der Waals surface area contributed by atoms with Crippen molar-refractivity contribution in [3.05, 3.63) is 12.7 Å². The van der Waals surface area contributed by atoms with Crippen LogP contribution in [0.15, 0.2) is 22.6 Å². The van der Waals surface area contributed by atoms with Crippen molar-refractivity contribution >= 4 is 83.8 Å². The number of amides is 1. The first-order valence-corrected chi connectivity index (χ1v) is 19.6. The number of hydrogen-bond acceptors (Lipinski definition) is 16. The van der Waals surface area contributed by atoms with E-state index < -0.39 is 80.2 Å². The molecule has 6 heterocycles. The number of rotatable bonds is 2. The Morgan fingerprint density at radius 3 is 2.73 bits per heavy atom. The average Bonchev–Trinajstić information content (AvgIpc) is 3.72. The van der Waals surface area contributed by atoms with Crippen molar-refractivity contribution in [1.29, 1.82) is 0 Å². The van der Waals surface area contributed by atoms with Gasteiger partial charge in [0.1, 0.15) is 36.3 Å². The minimum atomic E-state index is -4.10. The first-order valence-electron chi connectivity index (χ1n) is 13.2. The van der Waals surface area contributed by atoms with E-state index in [-0.39, 0.29) is 29.3 Å². The second kappa shape index (κ2) is 11.2. The molecule has 4 aliphatic heterocycles. The van der Waals surface area contributed by atoms with E-state index in [0.29, 0.717) is 0 Å². The lowest BCUT2D eigenvalue weighted by Crippen LogP contribution is -2.53. The normalized spacial score (nSPS) is 44.1. The van der Waals surface area contributed by atoms with Crippen molar-refractivity contribution in [3.8, 4) is 0 Å². The fraction of sp³-hybridized carbons (Fsp3) is 0.619. The van der Waals surface area contributed by atoms with Gasteiger partial charge >= 0.3 is 6.72 Å². The van der Waals surface area contributed by atoms with Crippen molar-refractivity contribution in [3.63, 3.8) is 0 Å². The summed E-state index contributed by atoms with van der Waals surface area (Å²) in [7, 11) is 1.57. The van der Waals surface area contributed by atoms with Gasteiger partial charge in [0.15, 0.2) is 36.1 Å². The predicted molar refractivity (Wildman–Crippen MR) is 162 cm³/mol. The number of carbonyl (C=O) groups is 1. The maximum Gasteiger partial charge on any atom is 0.325 e. The number of thiol groups is 1. The maximum atomic E-state index is 16.2. The molecule has 238 valence electrons. The molecule has 17 nitrogen and oxygen atoms in total. The predicted octanol–water partition coefficient (Wildman–Crippen LogP) is -0.127. The van der Waals surface area contributed by atoms with Gasteiger partial charge in [-0.1, -0.05) is 12.2 Å². The number of alkyl halides is 1. The zero-order valence-electron chi connectivity index (χ0n) is 22.5. The Balaban J connectivity index is 1.17. The fourth-order valence-corrected chi connectivity index (χ4v) is 9.87. The number of imidazole rings is 1. The van der Waals surface area contributed by atoms with Crippen molar-refractivity contribution in [2.75, 3.05) is 19.4 Å². The van der Waals surface area contributed by atoms with Gasteiger partial charge in [-0.25, -0.2) is 24.3 Å². The van der Waals surface area contributed by atoms with Gasteiger partial charge in [-0.2, -0.15) is 0 Å². The molecule has 44 heavy (non-hydrogen) atoms. The molecule has 4 N–H and O–H groups in total. The van der Waals surface area contributed by atoms with Gasteiger partial charge in [0.25, 0.3) is 5.91 Å². The monoisotopic (exact) mass is 709 g/mol. The van der Waals surface area contributed by atoms with Crippen molar-refractivity contribution in [2.24, 2.45) is 9.98 Å². The molecule has 3 fully saturated rings. The first kappa shape index (κ1) is 30.9. The largest absolute Gasteiger partial charge is 0.388 e. The van der Waals surface area contributed by atoms with E-state index in [9.17, 15) is 14.8 Å². The Bertz CT molecular complexity index is 1660. The van der Waals surface area contributed by atoms with E-state index in [1.165, 1.54) is 34.8 Å². The Morgan fingerprint density at radius 2 is 1.93 bits per heavy atom. The molecule has 0 aromatic carbocycles. The van der Waals surface area contributed by atoms with Crippen LogP contribution in [0.4, 0.5) is 10.2 Å². The number of aromatic nitrogens is 4. The van der Waals surface area contributed by atoms with Crippen LogP contribution in [0, 0.1) is 0 Å². The quantitative estimate of drug-likeness (QED) is 0.237. The summed E-state index contributed by atoms with van der Waals surface area (Å²) in [5, 5.41) is 11.3. The maximum absolute atomic E-state index is 16.2. The number of ether oxygens (including phenoxy) is 1. The highest BCUT2D eigenvalue weighted by Crippen LogP contribution is 2.60. The molecule has 0 radical (unpaired) electrons. The summed E-state index contributed by atoms with van der Waals surface area (Å²) in [5.74, 6) is -0.166. The molecule has 1 amide bonds. The molecule has 2 aromatic heterocycles. The van der Waals surface area contributed by atoms with Crippen LogP contribution < -0.4 is 5.73 Å². The van der Waals surface area contributed by atoms with Crippen LogP contribution in [-0.4, -0.2) is 126 Å². The number of hydrogen-bond donors (Lipinski definition) is 4. The summed E-state index contributed by atoms with van der Waals surface area (Å²) >= 11 is 15.3. The molecule has 7 rings (SSSR count). The molecule has 5 aliphatic rings. The summed E-state index contributed by atoms with van der Waals surface area (Å²) in [4.78, 5) is 47.7. The second-order valence-corrected chi connectivity index (χ2v) is 18.7. The third-order valence-corrected chi connectivity index (χ3v) is 11.7. The number of nitrogen functional groups attached to an aromatic ring is 1. The van der Waals surface area contributed by atoms with Gasteiger partial charge in [-0.15, -0.1) is 0 Å². The number of aliphatic hydroxyl groups is 1. The summed E-state index contributed by atoms with van der Waals surface area (Å²) in [5.41, 5.74) is 2.76. The van der Waals surface area contributed by atoms with Gasteiger partial charge in [0.05, 0.1) is 37.8 Å². The molecular formula is C21H26FN9O8P2S3. The van der Waals surface area contributed by atoms with E-state index >= 15 is 4.39 Å². The molecule has 23 heteroatoms. The summed E-state index contributed by atoms with van der Waals surface area (Å²) in [6, 6.07) is -1.54. The minimum absolute atomic E-state index is 0.0622. The zero-order chi connectivity index (χ0) is 31.1. The number of fused-ring (bicyclic) bond motifs is 5. The average molecular weight is 710 g/mol. The van der Waals surface area contributed by atoms with Crippen LogP contribution in [0.5, 0.6) is 0 Å². The van der Waals surface area contributed by atoms with Crippen molar-refractivity contribution in [1.82, 2.24) is 29.3 Å². The van der Waals surface area contributed by atoms with Gasteiger partial charge in [0, 0.05) is 7.05 Å². The molecular weight excluding hydrogens is 683 g/mol. The fourth-order valence-electron chi connectivity index (χ4n) is 5.94. The second-order valence-electron chi connectivity index (χ2n) is 10.7. The van der Waals surface area contributed by atoms with Crippen LogP contribution in [0.2, 0.25) is 0 Å². The Hall–Kier alpha value is -1.74. The Labute approximate surface area is 264 Å². The highest BCUT2D eigenvalue weighted by molar-refractivity contribution is 8.60. The van der Waals surface area contributed by atoms with E-state index in [1.807, 2.05) is 0 Å². The molecule has 0 spiro atoms. The van der Waals surface area contributed by atoms with Crippen molar-refractivity contribution < 1.29 is 42.0 Å². The van der Waals surface area contributed by atoms with Crippen LogP contribution >= 0.6 is 24.7 Å². The van der Waals surface area contributed by atoms with E-state index in [1.54, 1.807) is 11.9 Å². The van der Waals surface area contributed by atoms with Gasteiger partial charge in [0.2, 0.25) is 5.69 Å². The number of nitrogens with zero attached hydrogens (tertiary/aromatic N) is 8. The molecule has 2 aromatic rings. The molecule has 1 saturated carbocycles. The molecule has 2 bridgehead atoms. The molecule has 2 saturated heterocycles. The summed E-state index contributed by atoms with van der Waals surface area (Å²) in [6.07, 6.45) is -4.70. The number of aliphatic imine (C=N–C) groups is 2. The smallest absolute Gasteiger partial charge is 0.325 e. The molecule has 12 atom stereocenters. The van der Waals surface area contributed by atoms with E-state index in [4.69, 9.17) is 52.2 Å². The number of likely N-dealkylation sites (N-methyl/N-ethyl adjacent to an activating group) is 1. The number of anilines is 1. The SMILES string of the molecule is CN1C=NC2[C@@H](N=CN2[C@@H]2C[C@@H]3OP(=S)(S)O[C@H]4[C@@H](F)[C@H](n5cnc6c(N)ncnc65)O[C@@H]4COP(O)(=S)O[C@@H]2[C@@H]3O)C1=O. The Morgan fingerprint density at radius 1 is 1.14 bits per heavy atom. The highest BCUT2D eigenvalue weighted by atomic mass is 32.9. The number of halogens is 1. The lowest BCUT2D eigenvalue weighted by Gasteiger charge is -2.36. The zero-order valence-corrected chi connectivity index (χ0v) is 26.8. The van der Waals surface area contributed by atoms with Gasteiger partial charge in [-0.05, 0) is 30.0 Å². The molecule has 3 unspecified atom stereocenters. The highest BCUT2D eigenvalue weighted by Gasteiger charge is 2.56. The first-order chi connectivity index (χ1) is 20.8. The van der Waals surface area contributed by atoms with Gasteiger partial charge in [-0.3, -0.25) is 14.4 Å². The van der Waals surface area contributed by atoms with Crippen LogP contribution in [-0.2, 0) is 51.2 Å². The lowest BCUT2D eigenvalue weighted by molar-refractivity contribution is -0.129. The lowest BCUT2D eigenvalue weighted by atomic mass is 10.1. The Kier molecular flexibility index (Phi) is 7.87. The van der Waals surface area contributed by atoms with E-state index in [0.717, 1.165) is 0 Å². The number of nitrogens with two attached hydrogens (primary N) is 1. The number of carbonyl (C=O) groups excluding carboxylic acids is 1. The van der Waals surface area contributed by atoms with Gasteiger partial charge < -0.3 is 48.4 Å². The third kappa shape index (κ3) is 5.29. The third-order valence-electron chi connectivity index (χ3n) is 8.00. The summed E-state index contributed by atoms with van der Waals surface area (Å²) in [6.45, 7) is -4.57. The van der Waals surface area contributed by atoms with E-state index in [2.05, 4.69) is 37.2 Å². The van der Waals surface area contributed by atoms with Crippen LogP contribution in [0.3, 0.4) is 0 Å².